The van der Waals surface area contributed by atoms with Gasteiger partial charge in [-0.3, -0.25) is 4.79 Å². The number of rotatable bonds is 6. The predicted molar refractivity (Wildman–Crippen MR) is 55.9 cm³/mol. The zero-order valence-electron chi connectivity index (χ0n) is 9.74. The van der Waals surface area contributed by atoms with Crippen LogP contribution in [0.2, 0.25) is 0 Å². The van der Waals surface area contributed by atoms with Crippen molar-refractivity contribution in [3.05, 3.63) is 11.7 Å². The molecule has 1 aliphatic rings. The molecule has 0 bridgehead atoms. The third kappa shape index (κ3) is 3.01. The van der Waals surface area contributed by atoms with Gasteiger partial charge >= 0.3 is 5.97 Å². The minimum atomic E-state index is -1.36. The van der Waals surface area contributed by atoms with E-state index >= 15 is 0 Å². The minimum Gasteiger partial charge on any atom is -0.469 e. The standard InChI is InChI=1S/C11H15FN2O3/c1-16-9(15)5-3-2-4-8-13-10(17-14-8)11(12)6-7-11/h2-7H2,1H3. The first-order valence-electron chi connectivity index (χ1n) is 5.73. The summed E-state index contributed by atoms with van der Waals surface area (Å²) in [6.07, 6.45) is 3.38. The molecule has 0 radical (unpaired) electrons. The third-order valence-electron chi connectivity index (χ3n) is 2.80. The smallest absolute Gasteiger partial charge is 0.305 e. The molecule has 1 saturated carbocycles. The van der Waals surface area contributed by atoms with Crippen molar-refractivity contribution in [2.24, 2.45) is 0 Å². The first-order valence-corrected chi connectivity index (χ1v) is 5.73. The molecule has 0 saturated heterocycles. The Balaban J connectivity index is 1.72. The number of carbonyl (C=O) groups excluding carboxylic acids is 1. The number of unbranched alkanes of at least 4 members (excludes halogenated alkanes) is 1. The van der Waals surface area contributed by atoms with Crippen molar-refractivity contribution < 1.29 is 18.4 Å². The number of ether oxygens (including phenoxy) is 1. The van der Waals surface area contributed by atoms with E-state index in [1.165, 1.54) is 7.11 Å². The van der Waals surface area contributed by atoms with Crippen molar-refractivity contribution in [2.45, 2.75) is 44.2 Å². The van der Waals surface area contributed by atoms with Crippen molar-refractivity contribution in [1.82, 2.24) is 10.1 Å². The van der Waals surface area contributed by atoms with E-state index in [-0.39, 0.29) is 11.9 Å². The first-order chi connectivity index (χ1) is 8.14. The Morgan fingerprint density at radius 1 is 1.53 bits per heavy atom. The summed E-state index contributed by atoms with van der Waals surface area (Å²) >= 11 is 0. The maximum absolute atomic E-state index is 13.5. The van der Waals surface area contributed by atoms with Crippen molar-refractivity contribution >= 4 is 5.97 Å². The fourth-order valence-electron chi connectivity index (χ4n) is 1.52. The zero-order chi connectivity index (χ0) is 12.3. The average Bonchev–Trinajstić information content (AvgIpc) is 2.91. The number of hydrogen-bond donors (Lipinski definition) is 0. The van der Waals surface area contributed by atoms with Crippen molar-refractivity contribution in [3.63, 3.8) is 0 Å². The van der Waals surface area contributed by atoms with Crippen LogP contribution < -0.4 is 0 Å². The van der Waals surface area contributed by atoms with Gasteiger partial charge < -0.3 is 9.26 Å². The Morgan fingerprint density at radius 2 is 2.29 bits per heavy atom. The van der Waals surface area contributed by atoms with Crippen LogP contribution in [0.15, 0.2) is 4.52 Å². The molecule has 5 nitrogen and oxygen atoms in total. The molecule has 0 unspecified atom stereocenters. The molecule has 1 aromatic rings. The molecular formula is C11H15FN2O3. The van der Waals surface area contributed by atoms with E-state index in [0.717, 1.165) is 6.42 Å². The quantitative estimate of drug-likeness (QED) is 0.563. The van der Waals surface area contributed by atoms with E-state index in [1.54, 1.807) is 0 Å². The molecule has 17 heavy (non-hydrogen) atoms. The third-order valence-corrected chi connectivity index (χ3v) is 2.80. The van der Waals surface area contributed by atoms with E-state index in [4.69, 9.17) is 4.52 Å². The molecule has 0 N–H and O–H groups in total. The number of halogens is 1. The lowest BCUT2D eigenvalue weighted by Crippen LogP contribution is -2.00. The number of alkyl halides is 1. The van der Waals surface area contributed by atoms with E-state index in [0.29, 0.717) is 37.9 Å². The largest absolute Gasteiger partial charge is 0.469 e. The number of hydrogen-bond acceptors (Lipinski definition) is 5. The predicted octanol–water partition coefficient (Wildman–Crippen LogP) is 1.91. The molecule has 0 amide bonds. The minimum absolute atomic E-state index is 0.0977. The van der Waals surface area contributed by atoms with Gasteiger partial charge in [0.15, 0.2) is 11.5 Å². The molecule has 6 heteroatoms. The second kappa shape index (κ2) is 4.81. The van der Waals surface area contributed by atoms with Crippen LogP contribution in [0.5, 0.6) is 0 Å². The number of aryl methyl sites for hydroxylation is 1. The van der Waals surface area contributed by atoms with E-state index in [2.05, 4.69) is 14.9 Å². The highest BCUT2D eigenvalue weighted by atomic mass is 19.1. The van der Waals surface area contributed by atoms with Gasteiger partial charge in [0.2, 0.25) is 0 Å². The van der Waals surface area contributed by atoms with Gasteiger partial charge in [0.1, 0.15) is 0 Å². The second-order valence-electron chi connectivity index (χ2n) is 4.26. The number of methoxy groups -OCH3 is 1. The molecule has 0 atom stereocenters. The van der Waals surface area contributed by atoms with Gasteiger partial charge in [0, 0.05) is 12.8 Å². The highest BCUT2D eigenvalue weighted by Gasteiger charge is 2.50. The lowest BCUT2D eigenvalue weighted by atomic mass is 10.2. The van der Waals surface area contributed by atoms with Crippen LogP contribution in [0.25, 0.3) is 0 Å². The van der Waals surface area contributed by atoms with Crippen LogP contribution in [0, 0.1) is 0 Å². The van der Waals surface area contributed by atoms with Crippen molar-refractivity contribution in [3.8, 4) is 0 Å². The van der Waals surface area contributed by atoms with E-state index in [1.807, 2.05) is 0 Å². The monoisotopic (exact) mass is 242 g/mol. The summed E-state index contributed by atoms with van der Waals surface area (Å²) < 4.78 is 22.9. The first kappa shape index (κ1) is 12.0. The van der Waals surface area contributed by atoms with E-state index in [9.17, 15) is 9.18 Å². The van der Waals surface area contributed by atoms with Gasteiger partial charge in [0.05, 0.1) is 7.11 Å². The lowest BCUT2D eigenvalue weighted by molar-refractivity contribution is -0.140. The number of carbonyl (C=O) groups is 1. The molecule has 0 aromatic carbocycles. The maximum Gasteiger partial charge on any atom is 0.305 e. The number of aromatic nitrogens is 2. The van der Waals surface area contributed by atoms with Gasteiger partial charge in [0.25, 0.3) is 5.89 Å². The molecule has 2 rings (SSSR count). The number of esters is 1. The number of nitrogens with zero attached hydrogens (tertiary/aromatic N) is 2. The second-order valence-corrected chi connectivity index (χ2v) is 4.26. The summed E-state index contributed by atoms with van der Waals surface area (Å²) in [7, 11) is 1.37. The van der Waals surface area contributed by atoms with Gasteiger partial charge in [-0.1, -0.05) is 5.16 Å². The van der Waals surface area contributed by atoms with Gasteiger partial charge in [-0.15, -0.1) is 0 Å². The Kier molecular flexibility index (Phi) is 3.40. The highest BCUT2D eigenvalue weighted by Crippen LogP contribution is 2.48. The molecular weight excluding hydrogens is 227 g/mol. The SMILES string of the molecule is COC(=O)CCCCc1noc(C2(F)CC2)n1. The van der Waals surface area contributed by atoms with Crippen molar-refractivity contribution in [1.29, 1.82) is 0 Å². The summed E-state index contributed by atoms with van der Waals surface area (Å²) in [5, 5.41) is 3.72. The molecule has 94 valence electrons. The van der Waals surface area contributed by atoms with E-state index < -0.39 is 5.67 Å². The van der Waals surface area contributed by atoms with Gasteiger partial charge in [-0.2, -0.15) is 4.98 Å². The molecule has 1 aliphatic carbocycles. The van der Waals surface area contributed by atoms with Crippen molar-refractivity contribution in [2.75, 3.05) is 7.11 Å². The molecule has 1 aromatic heterocycles. The Hall–Kier alpha value is -1.46. The summed E-state index contributed by atoms with van der Waals surface area (Å²) in [5.74, 6) is 0.383. The lowest BCUT2D eigenvalue weighted by Gasteiger charge is -1.97. The van der Waals surface area contributed by atoms with Gasteiger partial charge in [-0.05, 0) is 25.7 Å². The zero-order valence-corrected chi connectivity index (χ0v) is 9.74. The normalized spacial score (nSPS) is 16.8. The molecule has 0 aliphatic heterocycles. The molecule has 1 fully saturated rings. The fraction of sp³-hybridized carbons (Fsp3) is 0.727. The maximum atomic E-state index is 13.5. The summed E-state index contributed by atoms with van der Waals surface area (Å²) in [5.41, 5.74) is -1.36. The molecule has 0 spiro atoms. The Labute approximate surface area is 98.3 Å². The highest BCUT2D eigenvalue weighted by molar-refractivity contribution is 5.68. The summed E-state index contributed by atoms with van der Waals surface area (Å²) in [4.78, 5) is 14.9. The Morgan fingerprint density at radius 3 is 2.94 bits per heavy atom. The summed E-state index contributed by atoms with van der Waals surface area (Å²) in [6, 6.07) is 0. The topological polar surface area (TPSA) is 65.2 Å². The van der Waals surface area contributed by atoms with Crippen LogP contribution in [0.4, 0.5) is 4.39 Å². The fourth-order valence-corrected chi connectivity index (χ4v) is 1.52. The van der Waals surface area contributed by atoms with Crippen LogP contribution in [-0.4, -0.2) is 23.2 Å². The average molecular weight is 242 g/mol. The van der Waals surface area contributed by atoms with Gasteiger partial charge in [-0.25, -0.2) is 4.39 Å². The van der Waals surface area contributed by atoms with Crippen LogP contribution >= 0.6 is 0 Å². The summed E-state index contributed by atoms with van der Waals surface area (Å²) in [6.45, 7) is 0. The Bertz CT molecular complexity index is 401. The molecule has 1 heterocycles. The van der Waals surface area contributed by atoms with Crippen LogP contribution in [-0.2, 0) is 21.6 Å². The van der Waals surface area contributed by atoms with Crippen LogP contribution in [0.1, 0.15) is 43.8 Å². The van der Waals surface area contributed by atoms with Crippen LogP contribution in [0.3, 0.4) is 0 Å².